The van der Waals surface area contributed by atoms with Crippen molar-refractivity contribution in [1.29, 1.82) is 0 Å². The maximum atomic E-state index is 6.38. The molecular weight excluding hydrogens is 266 g/mol. The zero-order valence-electron chi connectivity index (χ0n) is 11.6. The van der Waals surface area contributed by atoms with Gasteiger partial charge in [0, 0.05) is 10.9 Å². The van der Waals surface area contributed by atoms with Crippen molar-refractivity contribution in [2.45, 2.75) is 13.0 Å². The number of hydrogen-bond donors (Lipinski definition) is 1. The van der Waals surface area contributed by atoms with E-state index in [9.17, 15) is 0 Å². The van der Waals surface area contributed by atoms with Crippen LogP contribution < -0.4 is 15.2 Å². The van der Waals surface area contributed by atoms with Crippen molar-refractivity contribution in [2.75, 3.05) is 6.79 Å². The topological polar surface area (TPSA) is 57.6 Å². The standard InChI is InChI=1S/C17H15NO3/c1-10-12-4-2-3-5-13(12)21-17(10)16(18)11-6-7-14-15(8-11)20-9-19-14/h2-8,16H,9,18H2,1H3. The lowest BCUT2D eigenvalue weighted by Crippen LogP contribution is -2.12. The summed E-state index contributed by atoms with van der Waals surface area (Å²) in [4.78, 5) is 0. The van der Waals surface area contributed by atoms with Gasteiger partial charge in [-0.3, -0.25) is 0 Å². The Morgan fingerprint density at radius 2 is 1.86 bits per heavy atom. The minimum Gasteiger partial charge on any atom is -0.459 e. The van der Waals surface area contributed by atoms with Gasteiger partial charge in [0.2, 0.25) is 6.79 Å². The first-order valence-electron chi connectivity index (χ1n) is 6.87. The van der Waals surface area contributed by atoms with Gasteiger partial charge >= 0.3 is 0 Å². The molecule has 1 unspecified atom stereocenters. The number of benzene rings is 2. The highest BCUT2D eigenvalue weighted by molar-refractivity contribution is 5.82. The van der Waals surface area contributed by atoms with Crippen molar-refractivity contribution < 1.29 is 13.9 Å². The largest absolute Gasteiger partial charge is 0.459 e. The SMILES string of the molecule is Cc1c(C(N)c2ccc3c(c2)OCO3)oc2ccccc12. The maximum Gasteiger partial charge on any atom is 0.231 e. The van der Waals surface area contributed by atoms with Gasteiger partial charge in [0.05, 0.1) is 6.04 Å². The molecule has 0 bridgehead atoms. The number of ether oxygens (including phenoxy) is 2. The number of rotatable bonds is 2. The summed E-state index contributed by atoms with van der Waals surface area (Å²) in [5.74, 6) is 2.28. The van der Waals surface area contributed by atoms with Gasteiger partial charge in [0.15, 0.2) is 11.5 Å². The lowest BCUT2D eigenvalue weighted by atomic mass is 10.0. The van der Waals surface area contributed by atoms with Crippen LogP contribution in [-0.2, 0) is 0 Å². The fraction of sp³-hybridized carbons (Fsp3) is 0.176. The van der Waals surface area contributed by atoms with Crippen molar-refractivity contribution in [1.82, 2.24) is 0 Å². The highest BCUT2D eigenvalue weighted by Gasteiger charge is 2.21. The summed E-state index contributed by atoms with van der Waals surface area (Å²) in [6.45, 7) is 2.30. The van der Waals surface area contributed by atoms with Gasteiger partial charge in [-0.15, -0.1) is 0 Å². The van der Waals surface area contributed by atoms with Crippen LogP contribution in [0.15, 0.2) is 46.9 Å². The summed E-state index contributed by atoms with van der Waals surface area (Å²) in [6.07, 6.45) is 0. The molecule has 0 fully saturated rings. The fourth-order valence-corrected chi connectivity index (χ4v) is 2.75. The van der Waals surface area contributed by atoms with E-state index in [1.54, 1.807) is 0 Å². The van der Waals surface area contributed by atoms with E-state index in [4.69, 9.17) is 19.6 Å². The Labute approximate surface area is 122 Å². The quantitative estimate of drug-likeness (QED) is 0.780. The van der Waals surface area contributed by atoms with Crippen LogP contribution >= 0.6 is 0 Å². The number of fused-ring (bicyclic) bond motifs is 2. The summed E-state index contributed by atoms with van der Waals surface area (Å²) in [5, 5.41) is 1.10. The van der Waals surface area contributed by atoms with Crippen molar-refractivity contribution in [3.05, 3.63) is 59.4 Å². The predicted octanol–water partition coefficient (Wildman–Crippen LogP) is 3.52. The minimum absolute atomic E-state index is 0.262. The molecule has 0 amide bonds. The van der Waals surface area contributed by atoms with Crippen LogP contribution in [0.3, 0.4) is 0 Å². The third-order valence-corrected chi connectivity index (χ3v) is 3.92. The zero-order chi connectivity index (χ0) is 14.4. The lowest BCUT2D eigenvalue weighted by molar-refractivity contribution is 0.174. The Balaban J connectivity index is 1.79. The zero-order valence-corrected chi connectivity index (χ0v) is 11.6. The Hall–Kier alpha value is -2.46. The van der Waals surface area contributed by atoms with E-state index in [0.717, 1.165) is 39.4 Å². The first-order valence-corrected chi connectivity index (χ1v) is 6.87. The monoisotopic (exact) mass is 281 g/mol. The third-order valence-electron chi connectivity index (χ3n) is 3.92. The van der Waals surface area contributed by atoms with Crippen LogP contribution in [0.25, 0.3) is 11.0 Å². The molecule has 0 saturated carbocycles. The summed E-state index contributed by atoms with van der Waals surface area (Å²) in [7, 11) is 0. The van der Waals surface area contributed by atoms with E-state index >= 15 is 0 Å². The number of hydrogen-bond acceptors (Lipinski definition) is 4. The van der Waals surface area contributed by atoms with Crippen molar-refractivity contribution in [2.24, 2.45) is 5.73 Å². The summed E-state index contributed by atoms with van der Waals surface area (Å²) < 4.78 is 16.7. The Morgan fingerprint density at radius 1 is 1.05 bits per heavy atom. The molecule has 4 rings (SSSR count). The van der Waals surface area contributed by atoms with E-state index in [-0.39, 0.29) is 12.8 Å². The van der Waals surface area contributed by atoms with E-state index in [2.05, 4.69) is 0 Å². The molecule has 0 aliphatic carbocycles. The molecule has 1 aromatic heterocycles. The molecule has 21 heavy (non-hydrogen) atoms. The average molecular weight is 281 g/mol. The summed E-state index contributed by atoms with van der Waals surface area (Å²) in [6, 6.07) is 13.4. The Kier molecular flexibility index (Phi) is 2.65. The number of para-hydroxylation sites is 1. The molecular formula is C17H15NO3. The Bertz CT molecular complexity index is 822. The van der Waals surface area contributed by atoms with Crippen molar-refractivity contribution in [3.63, 3.8) is 0 Å². The van der Waals surface area contributed by atoms with Crippen LogP contribution in [0.5, 0.6) is 11.5 Å². The average Bonchev–Trinajstić information content (AvgIpc) is 3.11. The van der Waals surface area contributed by atoms with E-state index < -0.39 is 0 Å². The number of nitrogens with two attached hydrogens (primary N) is 1. The molecule has 106 valence electrons. The number of aryl methyl sites for hydroxylation is 1. The molecule has 1 aliphatic rings. The fourth-order valence-electron chi connectivity index (χ4n) is 2.75. The minimum atomic E-state index is -0.327. The predicted molar refractivity (Wildman–Crippen MR) is 79.5 cm³/mol. The van der Waals surface area contributed by atoms with Crippen LogP contribution in [0.1, 0.15) is 22.9 Å². The molecule has 2 aromatic carbocycles. The van der Waals surface area contributed by atoms with Gasteiger partial charge in [-0.25, -0.2) is 0 Å². The van der Waals surface area contributed by atoms with Crippen LogP contribution in [0.4, 0.5) is 0 Å². The smallest absolute Gasteiger partial charge is 0.231 e. The molecule has 1 aliphatic heterocycles. The second-order valence-corrected chi connectivity index (χ2v) is 5.18. The van der Waals surface area contributed by atoms with E-state index in [0.29, 0.717) is 0 Å². The van der Waals surface area contributed by atoms with Crippen LogP contribution in [0, 0.1) is 6.92 Å². The van der Waals surface area contributed by atoms with Crippen molar-refractivity contribution in [3.8, 4) is 11.5 Å². The third kappa shape index (κ3) is 1.87. The van der Waals surface area contributed by atoms with Crippen molar-refractivity contribution >= 4 is 11.0 Å². The maximum absolute atomic E-state index is 6.38. The molecule has 3 aromatic rings. The molecule has 4 nitrogen and oxygen atoms in total. The lowest BCUT2D eigenvalue weighted by Gasteiger charge is -2.11. The van der Waals surface area contributed by atoms with Gasteiger partial charge in [-0.1, -0.05) is 24.3 Å². The first kappa shape index (κ1) is 12.3. The summed E-state index contributed by atoms with van der Waals surface area (Å²) >= 11 is 0. The number of furan rings is 1. The molecule has 0 saturated heterocycles. The molecule has 4 heteroatoms. The Morgan fingerprint density at radius 3 is 2.71 bits per heavy atom. The molecule has 2 N–H and O–H groups in total. The highest BCUT2D eigenvalue weighted by Crippen LogP contribution is 2.37. The van der Waals surface area contributed by atoms with Crippen LogP contribution in [-0.4, -0.2) is 6.79 Å². The normalized spacial score (nSPS) is 14.6. The van der Waals surface area contributed by atoms with Gasteiger partial charge in [-0.2, -0.15) is 0 Å². The highest BCUT2D eigenvalue weighted by atomic mass is 16.7. The molecule has 2 heterocycles. The van der Waals surface area contributed by atoms with E-state index in [1.165, 1.54) is 0 Å². The molecule has 0 spiro atoms. The van der Waals surface area contributed by atoms with Crippen LogP contribution in [0.2, 0.25) is 0 Å². The second kappa shape index (κ2) is 4.53. The van der Waals surface area contributed by atoms with Gasteiger partial charge in [-0.05, 0) is 30.7 Å². The molecule has 1 atom stereocenters. The van der Waals surface area contributed by atoms with Gasteiger partial charge < -0.3 is 19.6 Å². The first-order chi connectivity index (χ1) is 10.2. The van der Waals surface area contributed by atoms with Gasteiger partial charge in [0.25, 0.3) is 0 Å². The molecule has 0 radical (unpaired) electrons. The second-order valence-electron chi connectivity index (χ2n) is 5.18. The summed E-state index contributed by atoms with van der Waals surface area (Å²) in [5.41, 5.74) is 9.27. The van der Waals surface area contributed by atoms with E-state index in [1.807, 2.05) is 49.4 Å². The van der Waals surface area contributed by atoms with Gasteiger partial charge in [0.1, 0.15) is 11.3 Å².